The lowest BCUT2D eigenvalue weighted by Gasteiger charge is -2.06. The van der Waals surface area contributed by atoms with E-state index in [0.29, 0.717) is 17.3 Å². The summed E-state index contributed by atoms with van der Waals surface area (Å²) in [4.78, 5) is 11.9. The van der Waals surface area contributed by atoms with Gasteiger partial charge in [0.15, 0.2) is 5.75 Å². The smallest absolute Gasteiger partial charge is 0.219 e. The summed E-state index contributed by atoms with van der Waals surface area (Å²) in [6.45, 7) is 1.88. The van der Waals surface area contributed by atoms with E-state index in [0.717, 1.165) is 5.69 Å². The Morgan fingerprint density at radius 1 is 0.905 bits per heavy atom. The molecule has 0 bridgehead atoms. The summed E-state index contributed by atoms with van der Waals surface area (Å²) in [5.41, 5.74) is 6.97. The number of aryl methyl sites for hydroxylation is 1. The van der Waals surface area contributed by atoms with E-state index in [2.05, 4.69) is 15.0 Å². The Hall–Kier alpha value is -2.95. The van der Waals surface area contributed by atoms with Crippen molar-refractivity contribution in [2.24, 2.45) is 0 Å². The Balaban J connectivity index is 0.000000225. The van der Waals surface area contributed by atoms with Gasteiger partial charge < -0.3 is 10.5 Å². The highest BCUT2D eigenvalue weighted by molar-refractivity contribution is 5.37. The van der Waals surface area contributed by atoms with Gasteiger partial charge in [0, 0.05) is 24.7 Å². The standard InChI is InChI=1S/C11H11N3O.C5H5N/c1-8-10(3-2-6-13-8)15-11-5-4-9(12)7-14-11;1-2-4-6-5-3-1/h2-7H,12H2,1H3;1-5H. The molecule has 106 valence electrons. The molecule has 3 rings (SSSR count). The Labute approximate surface area is 123 Å². The third-order valence-corrected chi connectivity index (χ3v) is 2.50. The number of nitrogens with zero attached hydrogens (tertiary/aromatic N) is 3. The summed E-state index contributed by atoms with van der Waals surface area (Å²) in [6.07, 6.45) is 6.78. The van der Waals surface area contributed by atoms with Crippen molar-refractivity contribution < 1.29 is 4.74 Å². The molecule has 0 aliphatic carbocycles. The topological polar surface area (TPSA) is 73.9 Å². The van der Waals surface area contributed by atoms with Crippen molar-refractivity contribution in [3.63, 3.8) is 0 Å². The van der Waals surface area contributed by atoms with Gasteiger partial charge in [-0.3, -0.25) is 9.97 Å². The molecule has 0 aliphatic rings. The quantitative estimate of drug-likeness (QED) is 0.780. The number of aromatic nitrogens is 3. The normalized spacial score (nSPS) is 9.38. The third-order valence-electron chi connectivity index (χ3n) is 2.50. The molecule has 0 spiro atoms. The Morgan fingerprint density at radius 3 is 2.24 bits per heavy atom. The van der Waals surface area contributed by atoms with E-state index in [9.17, 15) is 0 Å². The highest BCUT2D eigenvalue weighted by Gasteiger charge is 2.01. The zero-order valence-corrected chi connectivity index (χ0v) is 11.7. The second kappa shape index (κ2) is 7.59. The van der Waals surface area contributed by atoms with Gasteiger partial charge in [0.2, 0.25) is 5.88 Å². The summed E-state index contributed by atoms with van der Waals surface area (Å²) in [5.74, 6) is 1.22. The lowest BCUT2D eigenvalue weighted by atomic mass is 10.3. The number of ether oxygens (including phenoxy) is 1. The molecule has 5 nitrogen and oxygen atoms in total. The number of hydrogen-bond donors (Lipinski definition) is 1. The Morgan fingerprint density at radius 2 is 1.71 bits per heavy atom. The summed E-state index contributed by atoms with van der Waals surface area (Å²) in [5, 5.41) is 0. The first-order valence-electron chi connectivity index (χ1n) is 6.41. The SMILES string of the molecule is Cc1ncccc1Oc1ccc(N)cn1.c1ccncc1. The third kappa shape index (κ3) is 4.91. The van der Waals surface area contributed by atoms with Crippen LogP contribution in [0.25, 0.3) is 0 Å². The molecule has 2 N–H and O–H groups in total. The van der Waals surface area contributed by atoms with E-state index in [1.54, 1.807) is 36.9 Å². The molecule has 21 heavy (non-hydrogen) atoms. The number of rotatable bonds is 2. The molecule has 0 unspecified atom stereocenters. The first kappa shape index (κ1) is 14.5. The molecule has 0 saturated heterocycles. The van der Waals surface area contributed by atoms with Crippen molar-refractivity contribution >= 4 is 5.69 Å². The van der Waals surface area contributed by atoms with Crippen LogP contribution in [-0.4, -0.2) is 15.0 Å². The van der Waals surface area contributed by atoms with Gasteiger partial charge in [-0.05, 0) is 37.3 Å². The van der Waals surface area contributed by atoms with Gasteiger partial charge in [-0.15, -0.1) is 0 Å². The number of nitrogen functional groups attached to an aromatic ring is 1. The molecular formula is C16H16N4O. The first-order chi connectivity index (χ1) is 10.3. The fourth-order valence-corrected chi connectivity index (χ4v) is 1.45. The van der Waals surface area contributed by atoms with E-state index < -0.39 is 0 Å². The summed E-state index contributed by atoms with van der Waals surface area (Å²) in [6, 6.07) is 12.9. The van der Waals surface area contributed by atoms with Gasteiger partial charge >= 0.3 is 0 Å². The molecule has 0 fully saturated rings. The highest BCUT2D eigenvalue weighted by atomic mass is 16.5. The minimum atomic E-state index is 0.514. The van der Waals surface area contributed by atoms with Gasteiger partial charge in [-0.2, -0.15) is 0 Å². The van der Waals surface area contributed by atoms with Crippen molar-refractivity contribution in [3.05, 3.63) is 72.9 Å². The van der Waals surface area contributed by atoms with E-state index in [1.165, 1.54) is 0 Å². The number of nitrogens with two attached hydrogens (primary N) is 1. The van der Waals surface area contributed by atoms with E-state index in [4.69, 9.17) is 10.5 Å². The second-order valence-electron chi connectivity index (χ2n) is 4.14. The molecule has 3 aromatic heterocycles. The molecule has 3 aromatic rings. The summed E-state index contributed by atoms with van der Waals surface area (Å²) < 4.78 is 5.53. The number of hydrogen-bond acceptors (Lipinski definition) is 5. The van der Waals surface area contributed by atoms with E-state index >= 15 is 0 Å². The molecule has 0 aromatic carbocycles. The van der Waals surface area contributed by atoms with Crippen LogP contribution >= 0.6 is 0 Å². The largest absolute Gasteiger partial charge is 0.437 e. The van der Waals surface area contributed by atoms with Gasteiger partial charge in [-0.1, -0.05) is 6.07 Å². The number of anilines is 1. The predicted octanol–water partition coefficient (Wildman–Crippen LogP) is 3.24. The zero-order chi connectivity index (χ0) is 14.9. The fourth-order valence-electron chi connectivity index (χ4n) is 1.45. The van der Waals surface area contributed by atoms with Gasteiger partial charge in [0.05, 0.1) is 17.6 Å². The Bertz CT molecular complexity index is 630. The summed E-state index contributed by atoms with van der Waals surface area (Å²) in [7, 11) is 0. The zero-order valence-electron chi connectivity index (χ0n) is 11.7. The van der Waals surface area contributed by atoms with Gasteiger partial charge in [0.25, 0.3) is 0 Å². The van der Waals surface area contributed by atoms with Crippen LogP contribution in [0.4, 0.5) is 5.69 Å². The lowest BCUT2D eigenvalue weighted by Crippen LogP contribution is -1.92. The van der Waals surface area contributed by atoms with Crippen LogP contribution in [0.1, 0.15) is 5.69 Å². The van der Waals surface area contributed by atoms with Crippen molar-refractivity contribution in [2.75, 3.05) is 5.73 Å². The minimum Gasteiger partial charge on any atom is -0.437 e. The van der Waals surface area contributed by atoms with Crippen LogP contribution in [0, 0.1) is 6.92 Å². The maximum atomic E-state index is 5.53. The highest BCUT2D eigenvalue weighted by Crippen LogP contribution is 2.21. The average Bonchev–Trinajstić information content (AvgIpc) is 2.54. The molecule has 0 radical (unpaired) electrons. The molecule has 0 saturated carbocycles. The monoisotopic (exact) mass is 280 g/mol. The molecule has 0 amide bonds. The van der Waals surface area contributed by atoms with Crippen molar-refractivity contribution in [1.29, 1.82) is 0 Å². The van der Waals surface area contributed by atoms with Crippen LogP contribution in [0.15, 0.2) is 67.3 Å². The van der Waals surface area contributed by atoms with Crippen molar-refractivity contribution in [3.8, 4) is 11.6 Å². The molecule has 5 heteroatoms. The van der Waals surface area contributed by atoms with Gasteiger partial charge in [-0.25, -0.2) is 4.98 Å². The van der Waals surface area contributed by atoms with Crippen LogP contribution in [0.3, 0.4) is 0 Å². The first-order valence-corrected chi connectivity index (χ1v) is 6.41. The van der Waals surface area contributed by atoms with Crippen molar-refractivity contribution in [2.45, 2.75) is 6.92 Å². The molecule has 0 atom stereocenters. The summed E-state index contributed by atoms with van der Waals surface area (Å²) >= 11 is 0. The maximum Gasteiger partial charge on any atom is 0.219 e. The van der Waals surface area contributed by atoms with Crippen LogP contribution in [0.2, 0.25) is 0 Å². The van der Waals surface area contributed by atoms with Crippen LogP contribution < -0.4 is 10.5 Å². The molecule has 0 aliphatic heterocycles. The van der Waals surface area contributed by atoms with Gasteiger partial charge in [0.1, 0.15) is 0 Å². The van der Waals surface area contributed by atoms with Crippen LogP contribution in [-0.2, 0) is 0 Å². The second-order valence-corrected chi connectivity index (χ2v) is 4.14. The average molecular weight is 280 g/mol. The van der Waals surface area contributed by atoms with Crippen LogP contribution in [0.5, 0.6) is 11.6 Å². The lowest BCUT2D eigenvalue weighted by molar-refractivity contribution is 0.457. The van der Waals surface area contributed by atoms with E-state index in [1.807, 2.05) is 37.3 Å². The predicted molar refractivity (Wildman–Crippen MR) is 81.9 cm³/mol. The minimum absolute atomic E-state index is 0.514. The molecular weight excluding hydrogens is 264 g/mol. The molecule has 3 heterocycles. The Kier molecular flexibility index (Phi) is 5.23. The van der Waals surface area contributed by atoms with E-state index in [-0.39, 0.29) is 0 Å². The van der Waals surface area contributed by atoms with Crippen molar-refractivity contribution in [1.82, 2.24) is 15.0 Å². The fraction of sp³-hybridized carbons (Fsp3) is 0.0625. The number of pyridine rings is 3. The maximum absolute atomic E-state index is 5.53.